The molecule has 0 bridgehead atoms. The molecule has 1 atom stereocenters. The van der Waals surface area contributed by atoms with Gasteiger partial charge in [0.25, 0.3) is 0 Å². The first-order valence-electron chi connectivity index (χ1n) is 8.08. The lowest BCUT2D eigenvalue weighted by molar-refractivity contribution is -0.142. The minimum atomic E-state index is -0.592. The van der Waals surface area contributed by atoms with Crippen LogP contribution < -0.4 is 5.32 Å². The molecule has 0 aromatic carbocycles. The fourth-order valence-corrected chi connectivity index (χ4v) is 3.13. The monoisotopic (exact) mass is 380 g/mol. The summed E-state index contributed by atoms with van der Waals surface area (Å²) in [6.07, 6.45) is 0.379. The molecule has 10 heteroatoms. The SMILES string of the molecule is CCOC(=O)Cc1csc(NC(=O)CCC2C(=O)N(C)C(=O)N=C2C)n1. The number of carbonyl (C=O) groups excluding carboxylic acids is 4. The maximum atomic E-state index is 12.1. The zero-order valence-electron chi connectivity index (χ0n) is 14.8. The van der Waals surface area contributed by atoms with Crippen molar-refractivity contribution in [3.8, 4) is 0 Å². The first-order chi connectivity index (χ1) is 12.3. The molecule has 0 fully saturated rings. The van der Waals surface area contributed by atoms with Gasteiger partial charge in [-0.2, -0.15) is 0 Å². The van der Waals surface area contributed by atoms with E-state index in [9.17, 15) is 19.2 Å². The summed E-state index contributed by atoms with van der Waals surface area (Å²) in [5.74, 6) is -1.62. The van der Waals surface area contributed by atoms with Crippen LogP contribution in [0.1, 0.15) is 32.4 Å². The highest BCUT2D eigenvalue weighted by atomic mass is 32.1. The molecule has 1 aromatic heterocycles. The molecule has 0 aliphatic carbocycles. The molecule has 0 saturated carbocycles. The first kappa shape index (κ1) is 19.7. The number of nitrogens with one attached hydrogen (secondary N) is 1. The van der Waals surface area contributed by atoms with E-state index in [-0.39, 0.29) is 37.0 Å². The molecule has 0 spiro atoms. The first-order valence-corrected chi connectivity index (χ1v) is 8.96. The second kappa shape index (κ2) is 8.65. The summed E-state index contributed by atoms with van der Waals surface area (Å²) in [5.41, 5.74) is 0.936. The molecule has 0 radical (unpaired) electrons. The van der Waals surface area contributed by atoms with Gasteiger partial charge in [-0.25, -0.2) is 14.8 Å². The maximum absolute atomic E-state index is 12.1. The molecule has 2 rings (SSSR count). The topological polar surface area (TPSA) is 118 Å². The zero-order valence-corrected chi connectivity index (χ0v) is 15.6. The second-order valence-electron chi connectivity index (χ2n) is 5.70. The Labute approximate surface area is 154 Å². The quantitative estimate of drug-likeness (QED) is 0.719. The van der Waals surface area contributed by atoms with Crippen molar-refractivity contribution in [2.45, 2.75) is 33.1 Å². The van der Waals surface area contributed by atoms with Gasteiger partial charge < -0.3 is 10.1 Å². The van der Waals surface area contributed by atoms with Crippen LogP contribution in [0.2, 0.25) is 0 Å². The van der Waals surface area contributed by atoms with E-state index in [1.54, 1.807) is 19.2 Å². The molecule has 2 heterocycles. The fourth-order valence-electron chi connectivity index (χ4n) is 2.41. The number of aromatic nitrogens is 1. The standard InChI is InChI=1S/C16H20N4O5S/c1-4-25-13(22)7-10-8-26-15(18-10)19-12(21)6-5-11-9(2)17-16(24)20(3)14(11)23/h8,11H,4-7H2,1-3H3,(H,18,19,21). The summed E-state index contributed by atoms with van der Waals surface area (Å²) in [7, 11) is 1.37. The average molecular weight is 380 g/mol. The third-order valence-corrected chi connectivity index (χ3v) is 4.59. The molecule has 1 N–H and O–H groups in total. The minimum absolute atomic E-state index is 0.0484. The van der Waals surface area contributed by atoms with Crippen molar-refractivity contribution in [2.75, 3.05) is 19.0 Å². The van der Waals surface area contributed by atoms with Crippen molar-refractivity contribution in [1.29, 1.82) is 0 Å². The molecular formula is C16H20N4O5S. The van der Waals surface area contributed by atoms with Crippen LogP contribution in [0.3, 0.4) is 0 Å². The van der Waals surface area contributed by atoms with Gasteiger partial charge in [-0.1, -0.05) is 0 Å². The lowest BCUT2D eigenvalue weighted by Crippen LogP contribution is -2.43. The Kier molecular flexibility index (Phi) is 6.56. The van der Waals surface area contributed by atoms with Crippen LogP contribution in [0.25, 0.3) is 0 Å². The van der Waals surface area contributed by atoms with E-state index in [1.807, 2.05) is 0 Å². The predicted molar refractivity (Wildman–Crippen MR) is 95.1 cm³/mol. The zero-order chi connectivity index (χ0) is 19.3. The maximum Gasteiger partial charge on any atom is 0.349 e. The Morgan fingerprint density at radius 2 is 2.12 bits per heavy atom. The van der Waals surface area contributed by atoms with Crippen molar-refractivity contribution in [2.24, 2.45) is 10.9 Å². The van der Waals surface area contributed by atoms with Crippen LogP contribution >= 0.6 is 11.3 Å². The molecule has 0 saturated heterocycles. The summed E-state index contributed by atoms with van der Waals surface area (Å²) in [6.45, 7) is 3.63. The smallest absolute Gasteiger partial charge is 0.349 e. The van der Waals surface area contributed by atoms with Crippen LogP contribution in [-0.4, -0.2) is 53.1 Å². The van der Waals surface area contributed by atoms with Gasteiger partial charge in [0.2, 0.25) is 11.8 Å². The van der Waals surface area contributed by atoms with Gasteiger partial charge in [0, 0.05) is 24.6 Å². The van der Waals surface area contributed by atoms with Crippen LogP contribution in [0.15, 0.2) is 10.4 Å². The molecule has 1 aliphatic rings. The molecule has 4 amide bonds. The summed E-state index contributed by atoms with van der Waals surface area (Å²) in [5, 5.41) is 4.69. The molecule has 26 heavy (non-hydrogen) atoms. The van der Waals surface area contributed by atoms with Gasteiger partial charge in [-0.3, -0.25) is 19.3 Å². The summed E-state index contributed by atoms with van der Waals surface area (Å²) in [4.78, 5) is 56.0. The molecule has 1 aliphatic heterocycles. The number of thiazole rings is 1. The Morgan fingerprint density at radius 1 is 1.38 bits per heavy atom. The van der Waals surface area contributed by atoms with Crippen molar-refractivity contribution in [3.63, 3.8) is 0 Å². The summed E-state index contributed by atoms with van der Waals surface area (Å²) in [6, 6.07) is -0.592. The van der Waals surface area contributed by atoms with Crippen LogP contribution in [0.4, 0.5) is 9.93 Å². The van der Waals surface area contributed by atoms with Crippen LogP contribution in [-0.2, 0) is 25.5 Å². The van der Waals surface area contributed by atoms with E-state index in [1.165, 1.54) is 18.4 Å². The van der Waals surface area contributed by atoms with Crippen molar-refractivity contribution < 1.29 is 23.9 Å². The van der Waals surface area contributed by atoms with E-state index in [0.29, 0.717) is 23.1 Å². The number of esters is 1. The van der Waals surface area contributed by atoms with E-state index in [2.05, 4.69) is 15.3 Å². The number of aliphatic imine (C=N–C) groups is 1. The molecule has 140 valence electrons. The van der Waals surface area contributed by atoms with Crippen LogP contribution in [0, 0.1) is 5.92 Å². The predicted octanol–water partition coefficient (Wildman–Crippen LogP) is 1.64. The van der Waals surface area contributed by atoms with Gasteiger partial charge in [-0.15, -0.1) is 11.3 Å². The lowest BCUT2D eigenvalue weighted by Gasteiger charge is -2.25. The molecular weight excluding hydrogens is 360 g/mol. The number of ether oxygens (including phenoxy) is 1. The third kappa shape index (κ3) is 4.94. The van der Waals surface area contributed by atoms with E-state index in [4.69, 9.17) is 4.74 Å². The third-order valence-electron chi connectivity index (χ3n) is 3.78. The normalized spacial score (nSPS) is 17.1. The van der Waals surface area contributed by atoms with Crippen LogP contribution in [0.5, 0.6) is 0 Å². The number of urea groups is 1. The number of anilines is 1. The molecule has 1 unspecified atom stereocenters. The number of amides is 4. The Bertz CT molecular complexity index is 758. The van der Waals surface area contributed by atoms with Gasteiger partial charge >= 0.3 is 12.0 Å². The largest absolute Gasteiger partial charge is 0.466 e. The number of nitrogens with zero attached hydrogens (tertiary/aromatic N) is 3. The number of rotatable bonds is 7. The average Bonchev–Trinajstić information content (AvgIpc) is 2.99. The number of hydrogen-bond donors (Lipinski definition) is 1. The van der Waals surface area contributed by atoms with Gasteiger partial charge in [0.15, 0.2) is 5.13 Å². The molecule has 9 nitrogen and oxygen atoms in total. The Morgan fingerprint density at radius 3 is 2.81 bits per heavy atom. The fraction of sp³-hybridized carbons (Fsp3) is 0.500. The number of carbonyl (C=O) groups is 4. The van der Waals surface area contributed by atoms with Gasteiger partial charge in [0.1, 0.15) is 0 Å². The molecule has 1 aromatic rings. The highest BCUT2D eigenvalue weighted by Crippen LogP contribution is 2.20. The van der Waals surface area contributed by atoms with Gasteiger partial charge in [0.05, 0.1) is 24.6 Å². The highest BCUT2D eigenvalue weighted by molar-refractivity contribution is 7.13. The van der Waals surface area contributed by atoms with E-state index < -0.39 is 11.9 Å². The summed E-state index contributed by atoms with van der Waals surface area (Å²) >= 11 is 1.21. The Hall–Kier alpha value is -2.62. The lowest BCUT2D eigenvalue weighted by atomic mass is 9.95. The van der Waals surface area contributed by atoms with Crippen molar-refractivity contribution in [3.05, 3.63) is 11.1 Å². The highest BCUT2D eigenvalue weighted by Gasteiger charge is 2.33. The minimum Gasteiger partial charge on any atom is -0.466 e. The number of hydrogen-bond acceptors (Lipinski definition) is 7. The van der Waals surface area contributed by atoms with E-state index in [0.717, 1.165) is 4.90 Å². The summed E-state index contributed by atoms with van der Waals surface area (Å²) < 4.78 is 4.85. The van der Waals surface area contributed by atoms with Gasteiger partial charge in [-0.05, 0) is 20.3 Å². The van der Waals surface area contributed by atoms with Crippen molar-refractivity contribution >= 4 is 46.0 Å². The van der Waals surface area contributed by atoms with Crippen molar-refractivity contribution in [1.82, 2.24) is 9.88 Å². The Balaban J connectivity index is 1.87. The van der Waals surface area contributed by atoms with E-state index >= 15 is 0 Å². The number of imide groups is 1. The second-order valence-corrected chi connectivity index (χ2v) is 6.56.